The molecule has 478 valence electrons. The number of esters is 1. The number of hydrogen-bond donors (Lipinski definition) is 7. The topological polar surface area (TPSA) is 214 Å². The summed E-state index contributed by atoms with van der Waals surface area (Å²) in [5, 5.41) is 72.6. The Morgan fingerprint density at radius 1 is 0.395 bits per heavy atom. The van der Waals surface area contributed by atoms with Gasteiger partial charge >= 0.3 is 5.97 Å². The number of aliphatic hydroxyl groups excluding tert-OH is 7. The van der Waals surface area contributed by atoms with Gasteiger partial charge in [-0.05, 0) is 64.2 Å². The molecule has 2 rings (SSSR count). The van der Waals surface area contributed by atoms with Crippen LogP contribution >= 0.6 is 0 Å². The molecule has 0 bridgehead atoms. The third-order valence-electron chi connectivity index (χ3n) is 16.4. The maximum Gasteiger partial charge on any atom is 0.306 e. The Hall–Kier alpha value is -1.53. The van der Waals surface area contributed by atoms with Gasteiger partial charge in [0.2, 0.25) is 0 Å². The largest absolute Gasteiger partial charge is 0.457 e. The number of carbonyl (C=O) groups excluding carboxylic acids is 1. The lowest BCUT2D eigenvalue weighted by atomic mass is 9.98. The fraction of sp³-hybridized carbons (Fsp3) is 0.925. The Morgan fingerprint density at radius 2 is 0.728 bits per heavy atom. The van der Waals surface area contributed by atoms with E-state index in [0.29, 0.717) is 13.0 Å². The van der Waals surface area contributed by atoms with Crippen LogP contribution in [-0.2, 0) is 33.2 Å². The minimum absolute atomic E-state index is 0.0650. The number of ether oxygens (including phenoxy) is 6. The predicted octanol–water partition coefficient (Wildman–Crippen LogP) is 13.9. The third kappa shape index (κ3) is 39.7. The van der Waals surface area contributed by atoms with Crippen molar-refractivity contribution in [2.45, 2.75) is 364 Å². The summed E-state index contributed by atoms with van der Waals surface area (Å²) in [5.74, 6) is -0.370. The van der Waals surface area contributed by atoms with Crippen LogP contribution in [0.25, 0.3) is 0 Å². The standard InChI is InChI=1S/C67H126O14/c1-3-5-7-9-11-13-15-17-19-21-23-25-27-28-29-30-32-34-36-38-40-42-44-46-48-50-59(69)79-56(53-76-51-49-47-45-43-41-39-37-35-33-31-26-24-22-20-18-16-14-12-10-8-6-4-2)54-77-66-65(75)63(73)61(71)58(81-66)55-78-67-64(74)62(72)60(70)57(52-68)80-67/h21-24,56-58,60-68,70-75H,3-20,25-55H2,1-2H3/b23-21-,24-22-. The molecular formula is C67H126O14. The van der Waals surface area contributed by atoms with Gasteiger partial charge in [-0.2, -0.15) is 0 Å². The van der Waals surface area contributed by atoms with Gasteiger partial charge in [0.25, 0.3) is 0 Å². The lowest BCUT2D eigenvalue weighted by Gasteiger charge is -2.42. The molecule has 0 spiro atoms. The van der Waals surface area contributed by atoms with E-state index in [1.807, 2.05) is 0 Å². The van der Waals surface area contributed by atoms with Crippen molar-refractivity contribution in [3.63, 3.8) is 0 Å². The molecule has 11 unspecified atom stereocenters. The predicted molar refractivity (Wildman–Crippen MR) is 326 cm³/mol. The molecular weight excluding hydrogens is 1030 g/mol. The average molecular weight is 1160 g/mol. The second-order valence-electron chi connectivity index (χ2n) is 24.0. The molecule has 2 fully saturated rings. The third-order valence-corrected chi connectivity index (χ3v) is 16.4. The molecule has 0 aromatic rings. The first kappa shape index (κ1) is 75.6. The van der Waals surface area contributed by atoms with E-state index >= 15 is 0 Å². The van der Waals surface area contributed by atoms with Crippen molar-refractivity contribution in [2.24, 2.45) is 0 Å². The van der Waals surface area contributed by atoms with Crippen molar-refractivity contribution >= 4 is 5.97 Å². The molecule has 7 N–H and O–H groups in total. The van der Waals surface area contributed by atoms with Crippen molar-refractivity contribution in [2.75, 3.05) is 33.0 Å². The first-order valence-corrected chi connectivity index (χ1v) is 33.9. The van der Waals surface area contributed by atoms with Gasteiger partial charge in [0.05, 0.1) is 26.4 Å². The van der Waals surface area contributed by atoms with Gasteiger partial charge in [0.1, 0.15) is 54.9 Å². The molecule has 0 aromatic carbocycles. The molecule has 2 saturated heterocycles. The summed E-state index contributed by atoms with van der Waals surface area (Å²) >= 11 is 0. The Labute approximate surface area is 494 Å². The van der Waals surface area contributed by atoms with Crippen LogP contribution in [0.4, 0.5) is 0 Å². The van der Waals surface area contributed by atoms with Gasteiger partial charge in [0.15, 0.2) is 12.6 Å². The number of hydrogen-bond acceptors (Lipinski definition) is 14. The van der Waals surface area contributed by atoms with Crippen LogP contribution in [0.2, 0.25) is 0 Å². The van der Waals surface area contributed by atoms with Crippen LogP contribution < -0.4 is 0 Å². The minimum atomic E-state index is -1.71. The molecule has 11 atom stereocenters. The number of rotatable bonds is 57. The normalized spacial score (nSPS) is 23.8. The average Bonchev–Trinajstić information content (AvgIpc) is 3.46. The maximum atomic E-state index is 13.1. The zero-order chi connectivity index (χ0) is 58.6. The molecule has 0 radical (unpaired) electrons. The van der Waals surface area contributed by atoms with Gasteiger partial charge < -0.3 is 64.2 Å². The highest BCUT2D eigenvalue weighted by Crippen LogP contribution is 2.27. The Bertz CT molecular complexity index is 1430. The molecule has 14 nitrogen and oxygen atoms in total. The Kier molecular flexibility index (Phi) is 50.3. The van der Waals surface area contributed by atoms with E-state index in [-0.39, 0.29) is 25.6 Å². The van der Waals surface area contributed by atoms with Crippen molar-refractivity contribution in [1.29, 1.82) is 0 Å². The zero-order valence-corrected chi connectivity index (χ0v) is 51.8. The second-order valence-corrected chi connectivity index (χ2v) is 24.0. The van der Waals surface area contributed by atoms with Gasteiger partial charge in [-0.15, -0.1) is 0 Å². The monoisotopic (exact) mass is 1150 g/mol. The number of carbonyl (C=O) groups is 1. The van der Waals surface area contributed by atoms with Gasteiger partial charge in [-0.25, -0.2) is 0 Å². The highest BCUT2D eigenvalue weighted by molar-refractivity contribution is 5.69. The lowest BCUT2D eigenvalue weighted by Crippen LogP contribution is -2.61. The van der Waals surface area contributed by atoms with Crippen LogP contribution in [-0.4, -0.2) is 142 Å². The minimum Gasteiger partial charge on any atom is -0.457 e. The van der Waals surface area contributed by atoms with E-state index in [9.17, 15) is 40.5 Å². The zero-order valence-electron chi connectivity index (χ0n) is 51.8. The van der Waals surface area contributed by atoms with Crippen LogP contribution in [0.5, 0.6) is 0 Å². The molecule has 0 saturated carbocycles. The first-order valence-electron chi connectivity index (χ1n) is 33.9. The summed E-state index contributed by atoms with van der Waals surface area (Å²) < 4.78 is 34.5. The van der Waals surface area contributed by atoms with Crippen molar-refractivity contribution in [3.8, 4) is 0 Å². The molecule has 2 aliphatic heterocycles. The highest BCUT2D eigenvalue weighted by atomic mass is 16.7. The molecule has 81 heavy (non-hydrogen) atoms. The fourth-order valence-electron chi connectivity index (χ4n) is 11.0. The van der Waals surface area contributed by atoms with E-state index in [4.69, 9.17) is 28.4 Å². The van der Waals surface area contributed by atoms with Crippen LogP contribution in [0.1, 0.15) is 296 Å². The van der Waals surface area contributed by atoms with Crippen molar-refractivity contribution in [1.82, 2.24) is 0 Å². The number of unbranched alkanes of at least 4 members (excludes halogenated alkanes) is 39. The first-order chi connectivity index (χ1) is 39.6. The molecule has 14 heteroatoms. The molecule has 0 amide bonds. The molecule has 2 aliphatic rings. The number of allylic oxidation sites excluding steroid dienone is 4. The van der Waals surface area contributed by atoms with Crippen molar-refractivity contribution in [3.05, 3.63) is 24.3 Å². The second kappa shape index (κ2) is 53.9. The van der Waals surface area contributed by atoms with E-state index in [1.165, 1.54) is 231 Å². The smallest absolute Gasteiger partial charge is 0.306 e. The van der Waals surface area contributed by atoms with E-state index in [0.717, 1.165) is 38.5 Å². The summed E-state index contributed by atoms with van der Waals surface area (Å²) in [6, 6.07) is 0. The van der Waals surface area contributed by atoms with Gasteiger partial charge in [-0.1, -0.05) is 250 Å². The van der Waals surface area contributed by atoms with Crippen LogP contribution in [0.3, 0.4) is 0 Å². The van der Waals surface area contributed by atoms with E-state index in [2.05, 4.69) is 38.2 Å². The summed E-state index contributed by atoms with van der Waals surface area (Å²) in [6.45, 7) is 3.75. The molecule has 2 heterocycles. The number of aliphatic hydroxyl groups is 7. The quantitative estimate of drug-likeness (QED) is 0.0171. The molecule has 0 aromatic heterocycles. The summed E-state index contributed by atoms with van der Waals surface area (Å²) in [6.07, 6.45) is 48.2. The Balaban J connectivity index is 1.65. The Morgan fingerprint density at radius 3 is 1.12 bits per heavy atom. The van der Waals surface area contributed by atoms with Gasteiger partial charge in [0, 0.05) is 13.0 Å². The van der Waals surface area contributed by atoms with E-state index < -0.39 is 80.7 Å². The fourth-order valence-corrected chi connectivity index (χ4v) is 11.0. The SMILES string of the molecule is CCCCCCCCCC/C=C\CCCCCCCCCCCCCCCC(=O)OC(COCCCCCCCCCCCC/C=C\CCCCCCCCCC)COC1OC(COC2OC(CO)C(O)C(O)C2O)C(O)C(O)C1O. The summed E-state index contributed by atoms with van der Waals surface area (Å²) in [5.41, 5.74) is 0. The van der Waals surface area contributed by atoms with Crippen LogP contribution in [0, 0.1) is 0 Å². The van der Waals surface area contributed by atoms with Crippen molar-refractivity contribution < 1.29 is 69.0 Å². The van der Waals surface area contributed by atoms with Crippen LogP contribution in [0.15, 0.2) is 24.3 Å². The van der Waals surface area contributed by atoms with E-state index in [1.54, 1.807) is 0 Å². The summed E-state index contributed by atoms with van der Waals surface area (Å²) in [4.78, 5) is 13.1. The van der Waals surface area contributed by atoms with Gasteiger partial charge in [-0.3, -0.25) is 4.79 Å². The molecule has 0 aliphatic carbocycles. The highest BCUT2D eigenvalue weighted by Gasteiger charge is 2.47. The summed E-state index contributed by atoms with van der Waals surface area (Å²) in [7, 11) is 0. The maximum absolute atomic E-state index is 13.1. The lowest BCUT2D eigenvalue weighted by molar-refractivity contribution is -0.332.